The van der Waals surface area contributed by atoms with Crippen molar-refractivity contribution in [2.75, 3.05) is 20.4 Å². The first-order chi connectivity index (χ1) is 15.2. The second kappa shape index (κ2) is 8.24. The number of fused-ring (bicyclic) bond motifs is 3. The van der Waals surface area contributed by atoms with Gasteiger partial charge in [-0.2, -0.15) is 0 Å². The van der Waals surface area contributed by atoms with E-state index in [1.165, 1.54) is 5.56 Å². The smallest absolute Gasteiger partial charge is 0.231 e. The van der Waals surface area contributed by atoms with E-state index in [-0.39, 0.29) is 5.78 Å². The van der Waals surface area contributed by atoms with Gasteiger partial charge in [-0.3, -0.25) is 14.7 Å². The van der Waals surface area contributed by atoms with Crippen molar-refractivity contribution in [1.82, 2.24) is 9.88 Å². The van der Waals surface area contributed by atoms with Gasteiger partial charge in [-0.05, 0) is 54.0 Å². The highest BCUT2D eigenvalue weighted by atomic mass is 16.5. The van der Waals surface area contributed by atoms with Crippen LogP contribution in [-0.2, 0) is 13.0 Å². The molecule has 3 aromatic rings. The van der Waals surface area contributed by atoms with E-state index in [1.807, 2.05) is 30.3 Å². The van der Waals surface area contributed by atoms with E-state index in [1.54, 1.807) is 31.6 Å². The van der Waals surface area contributed by atoms with Gasteiger partial charge in [0.05, 0.1) is 18.2 Å². The number of carbonyl (C=O) groups is 1. The molecule has 0 radical (unpaired) electrons. The number of methoxy groups -OCH3 is 1. The van der Waals surface area contributed by atoms with Crippen LogP contribution in [0.3, 0.4) is 0 Å². The normalized spacial score (nSPS) is 16.4. The number of allylic oxidation sites excluding steroid dienone is 1. The predicted octanol–water partition coefficient (Wildman–Crippen LogP) is 4.10. The number of hydrogen-bond donors (Lipinski definition) is 0. The Morgan fingerprint density at radius 1 is 1.16 bits per heavy atom. The second-order valence-electron chi connectivity index (χ2n) is 7.57. The summed E-state index contributed by atoms with van der Waals surface area (Å²) in [6, 6.07) is 15.5. The summed E-state index contributed by atoms with van der Waals surface area (Å²) >= 11 is 0. The molecule has 0 amide bonds. The molecule has 1 aromatic heterocycles. The van der Waals surface area contributed by atoms with Crippen molar-refractivity contribution in [2.45, 2.75) is 13.0 Å². The van der Waals surface area contributed by atoms with Crippen LogP contribution in [0.1, 0.15) is 27.0 Å². The maximum Gasteiger partial charge on any atom is 0.231 e. The Balaban J connectivity index is 1.33. The van der Waals surface area contributed by atoms with Gasteiger partial charge in [0.25, 0.3) is 0 Å². The number of ketones is 1. The van der Waals surface area contributed by atoms with Gasteiger partial charge < -0.3 is 14.2 Å². The molecule has 0 saturated heterocycles. The van der Waals surface area contributed by atoms with E-state index in [0.717, 1.165) is 35.6 Å². The van der Waals surface area contributed by atoms with E-state index in [9.17, 15) is 4.79 Å². The predicted molar refractivity (Wildman–Crippen MR) is 116 cm³/mol. The molecule has 6 nitrogen and oxygen atoms in total. The number of hydrogen-bond acceptors (Lipinski definition) is 6. The lowest BCUT2D eigenvalue weighted by Gasteiger charge is -2.29. The minimum absolute atomic E-state index is 0.114. The average Bonchev–Trinajstić information content (AvgIpc) is 3.14. The highest BCUT2D eigenvalue weighted by molar-refractivity contribution is 6.15. The molecule has 0 unspecified atom stereocenters. The molecule has 0 bridgehead atoms. The van der Waals surface area contributed by atoms with Crippen molar-refractivity contribution in [1.29, 1.82) is 0 Å². The molecule has 2 aromatic carbocycles. The van der Waals surface area contributed by atoms with Gasteiger partial charge in [0.15, 0.2) is 5.76 Å². The molecule has 6 heteroatoms. The van der Waals surface area contributed by atoms with Crippen LogP contribution in [0.5, 0.6) is 17.2 Å². The Bertz CT molecular complexity index is 1140. The van der Waals surface area contributed by atoms with Gasteiger partial charge in [0.1, 0.15) is 24.0 Å². The summed E-state index contributed by atoms with van der Waals surface area (Å²) in [7, 11) is 1.67. The number of nitrogens with zero attached hydrogens (tertiary/aromatic N) is 2. The van der Waals surface area contributed by atoms with Crippen LogP contribution in [-0.4, -0.2) is 36.1 Å². The molecule has 31 heavy (non-hydrogen) atoms. The molecule has 156 valence electrons. The maximum absolute atomic E-state index is 12.9. The monoisotopic (exact) mass is 414 g/mol. The SMILES string of the molecule is COc1ccc(CCN2COc3ccc4c(c3C2)O/C(=C\c2cccnc2)C4=O)cc1. The molecule has 2 aliphatic heterocycles. The number of carbonyl (C=O) groups excluding carboxylic acids is 1. The average molecular weight is 414 g/mol. The van der Waals surface area contributed by atoms with Crippen LogP contribution >= 0.6 is 0 Å². The zero-order valence-corrected chi connectivity index (χ0v) is 17.2. The zero-order chi connectivity index (χ0) is 21.2. The fraction of sp³-hybridized carbons (Fsp3) is 0.200. The summed E-state index contributed by atoms with van der Waals surface area (Å²) in [4.78, 5) is 19.2. The first kappa shape index (κ1) is 19.3. The van der Waals surface area contributed by atoms with E-state index in [2.05, 4.69) is 22.0 Å². The molecule has 0 spiro atoms. The van der Waals surface area contributed by atoms with Crippen LogP contribution < -0.4 is 14.2 Å². The topological polar surface area (TPSA) is 60.9 Å². The Morgan fingerprint density at radius 3 is 2.81 bits per heavy atom. The van der Waals surface area contributed by atoms with E-state index in [4.69, 9.17) is 14.2 Å². The molecule has 2 aliphatic rings. The van der Waals surface area contributed by atoms with Gasteiger partial charge in [0.2, 0.25) is 5.78 Å². The lowest BCUT2D eigenvalue weighted by atomic mass is 10.0. The number of benzene rings is 2. The standard InChI is InChI=1S/C25H22N2O4/c1-29-19-6-4-17(5-7-19)10-12-27-15-21-22(30-16-27)9-8-20-24(28)23(31-25(20)21)13-18-3-2-11-26-14-18/h2-9,11,13-14H,10,12,15-16H2,1H3/b23-13-. The largest absolute Gasteiger partial charge is 0.497 e. The van der Waals surface area contributed by atoms with Crippen LogP contribution in [0.2, 0.25) is 0 Å². The van der Waals surface area contributed by atoms with Crippen molar-refractivity contribution in [2.24, 2.45) is 0 Å². The number of rotatable bonds is 5. The van der Waals surface area contributed by atoms with Crippen molar-refractivity contribution in [3.8, 4) is 17.2 Å². The van der Waals surface area contributed by atoms with Crippen LogP contribution in [0, 0.1) is 0 Å². The zero-order valence-electron chi connectivity index (χ0n) is 17.2. The van der Waals surface area contributed by atoms with Crippen LogP contribution in [0.25, 0.3) is 6.08 Å². The first-order valence-corrected chi connectivity index (χ1v) is 10.2. The summed E-state index contributed by atoms with van der Waals surface area (Å²) in [6.45, 7) is 2.01. The summed E-state index contributed by atoms with van der Waals surface area (Å²) in [5, 5.41) is 0. The Kier molecular flexibility index (Phi) is 5.14. The summed E-state index contributed by atoms with van der Waals surface area (Å²) in [5.41, 5.74) is 3.55. The number of Topliss-reactive ketones (excluding diaryl/α,β-unsaturated/α-hetero) is 1. The molecule has 0 N–H and O–H groups in total. The lowest BCUT2D eigenvalue weighted by Crippen LogP contribution is -2.33. The minimum Gasteiger partial charge on any atom is -0.497 e. The van der Waals surface area contributed by atoms with Crippen LogP contribution in [0.15, 0.2) is 66.7 Å². The third-order valence-electron chi connectivity index (χ3n) is 5.54. The Labute approximate surface area is 180 Å². The molecular formula is C25H22N2O4. The fourth-order valence-corrected chi connectivity index (χ4v) is 3.84. The van der Waals surface area contributed by atoms with Crippen molar-refractivity contribution in [3.63, 3.8) is 0 Å². The molecule has 0 fully saturated rings. The fourth-order valence-electron chi connectivity index (χ4n) is 3.84. The molecule has 5 rings (SSSR count). The number of pyridine rings is 1. The quantitative estimate of drug-likeness (QED) is 0.586. The Hall–Kier alpha value is -3.64. The lowest BCUT2D eigenvalue weighted by molar-refractivity contribution is 0.0949. The number of aromatic nitrogens is 1. The molecule has 0 saturated carbocycles. The van der Waals surface area contributed by atoms with Crippen molar-refractivity contribution < 1.29 is 19.0 Å². The summed E-state index contributed by atoms with van der Waals surface area (Å²) in [6.07, 6.45) is 6.02. The highest BCUT2D eigenvalue weighted by Crippen LogP contribution is 2.42. The third-order valence-corrected chi connectivity index (χ3v) is 5.54. The van der Waals surface area contributed by atoms with E-state index in [0.29, 0.717) is 30.3 Å². The summed E-state index contributed by atoms with van der Waals surface area (Å²) in [5.74, 6) is 2.43. The van der Waals surface area contributed by atoms with Gasteiger partial charge in [0, 0.05) is 25.5 Å². The third kappa shape index (κ3) is 3.90. The van der Waals surface area contributed by atoms with E-state index >= 15 is 0 Å². The van der Waals surface area contributed by atoms with E-state index < -0.39 is 0 Å². The number of ether oxygens (including phenoxy) is 3. The van der Waals surface area contributed by atoms with Crippen molar-refractivity contribution >= 4 is 11.9 Å². The highest BCUT2D eigenvalue weighted by Gasteiger charge is 2.33. The molecule has 0 aliphatic carbocycles. The van der Waals surface area contributed by atoms with Gasteiger partial charge in [-0.1, -0.05) is 18.2 Å². The second-order valence-corrected chi connectivity index (χ2v) is 7.57. The Morgan fingerprint density at radius 2 is 2.03 bits per heavy atom. The van der Waals surface area contributed by atoms with Crippen molar-refractivity contribution in [3.05, 3.63) is 88.9 Å². The maximum atomic E-state index is 12.9. The molecule has 0 atom stereocenters. The van der Waals surface area contributed by atoms with Gasteiger partial charge >= 0.3 is 0 Å². The first-order valence-electron chi connectivity index (χ1n) is 10.2. The van der Waals surface area contributed by atoms with Gasteiger partial charge in [-0.25, -0.2) is 0 Å². The van der Waals surface area contributed by atoms with Crippen LogP contribution in [0.4, 0.5) is 0 Å². The molecular weight excluding hydrogens is 392 g/mol. The summed E-state index contributed by atoms with van der Waals surface area (Å²) < 4.78 is 17.2. The minimum atomic E-state index is -0.114. The van der Waals surface area contributed by atoms with Gasteiger partial charge in [-0.15, -0.1) is 0 Å². The molecule has 3 heterocycles.